The van der Waals surface area contributed by atoms with Crippen molar-refractivity contribution in [3.8, 4) is 0 Å². The minimum atomic E-state index is -0.576. The predicted molar refractivity (Wildman–Crippen MR) is 57.3 cm³/mol. The van der Waals surface area contributed by atoms with E-state index >= 15 is 0 Å². The van der Waals surface area contributed by atoms with Gasteiger partial charge in [-0.25, -0.2) is 0 Å². The Morgan fingerprint density at radius 1 is 1.27 bits per heavy atom. The van der Waals surface area contributed by atoms with Gasteiger partial charge in [0.05, 0.1) is 6.08 Å². The maximum Gasteiger partial charge on any atom is 0.288 e. The Balaban J connectivity index is 4.48. The van der Waals surface area contributed by atoms with E-state index in [0.29, 0.717) is 6.54 Å². The van der Waals surface area contributed by atoms with E-state index in [4.69, 9.17) is 0 Å². The molecule has 0 aromatic heterocycles. The molecule has 0 spiro atoms. The Kier molecular flexibility index (Phi) is 5.44. The second-order valence-corrected chi connectivity index (χ2v) is 3.49. The summed E-state index contributed by atoms with van der Waals surface area (Å²) < 4.78 is 0. The van der Waals surface area contributed by atoms with Crippen molar-refractivity contribution in [2.75, 3.05) is 27.7 Å². The van der Waals surface area contributed by atoms with Crippen molar-refractivity contribution in [2.24, 2.45) is 0 Å². The van der Waals surface area contributed by atoms with Gasteiger partial charge in [0.15, 0.2) is 5.76 Å². The number of likely N-dealkylation sites (N-methyl/N-ethyl adjacent to an activating group) is 2. The number of aliphatic hydroxyl groups excluding tert-OH is 1. The highest BCUT2D eigenvalue weighted by atomic mass is 16.3. The van der Waals surface area contributed by atoms with Crippen LogP contribution in [0.2, 0.25) is 0 Å². The van der Waals surface area contributed by atoms with E-state index in [0.717, 1.165) is 12.5 Å². The van der Waals surface area contributed by atoms with Crippen LogP contribution in [-0.2, 0) is 9.59 Å². The highest BCUT2D eigenvalue weighted by Gasteiger charge is 2.13. The highest BCUT2D eigenvalue weighted by Crippen LogP contribution is 1.97. The first-order chi connectivity index (χ1) is 6.90. The van der Waals surface area contributed by atoms with E-state index in [1.807, 2.05) is 6.92 Å². The Hall–Kier alpha value is -1.52. The van der Waals surface area contributed by atoms with Crippen LogP contribution in [0.1, 0.15) is 13.3 Å². The number of nitrogens with zero attached hydrogens (tertiary/aromatic N) is 2. The van der Waals surface area contributed by atoms with Crippen LogP contribution in [0.4, 0.5) is 0 Å². The number of amides is 2. The van der Waals surface area contributed by atoms with Crippen molar-refractivity contribution in [3.05, 3.63) is 11.8 Å². The summed E-state index contributed by atoms with van der Waals surface area (Å²) in [5.41, 5.74) is 0. The summed E-state index contributed by atoms with van der Waals surface area (Å²) >= 11 is 0. The van der Waals surface area contributed by atoms with Crippen LogP contribution in [0, 0.1) is 0 Å². The molecule has 0 heterocycles. The molecular formula is C10H18N2O3. The zero-order valence-corrected chi connectivity index (χ0v) is 9.65. The van der Waals surface area contributed by atoms with E-state index in [1.54, 1.807) is 7.05 Å². The molecule has 0 aliphatic heterocycles. The number of aliphatic hydroxyl groups is 1. The molecule has 0 saturated heterocycles. The van der Waals surface area contributed by atoms with Gasteiger partial charge in [-0.2, -0.15) is 0 Å². The fourth-order valence-corrected chi connectivity index (χ4v) is 0.964. The summed E-state index contributed by atoms with van der Waals surface area (Å²) in [6, 6.07) is 0. The maximum atomic E-state index is 11.4. The van der Waals surface area contributed by atoms with Crippen molar-refractivity contribution in [3.63, 3.8) is 0 Å². The smallest absolute Gasteiger partial charge is 0.288 e. The second kappa shape index (κ2) is 6.06. The fourth-order valence-electron chi connectivity index (χ4n) is 0.964. The lowest BCUT2D eigenvalue weighted by Crippen LogP contribution is -2.28. The molecule has 0 bridgehead atoms. The van der Waals surface area contributed by atoms with Crippen molar-refractivity contribution in [2.45, 2.75) is 13.3 Å². The normalized spacial score (nSPS) is 11.1. The first-order valence-corrected chi connectivity index (χ1v) is 4.77. The van der Waals surface area contributed by atoms with Gasteiger partial charge in [0, 0.05) is 27.7 Å². The Labute approximate surface area is 90.0 Å². The zero-order valence-electron chi connectivity index (χ0n) is 9.65. The lowest BCUT2D eigenvalue weighted by atomic mass is 10.3. The third-order valence-corrected chi connectivity index (χ3v) is 1.82. The van der Waals surface area contributed by atoms with Crippen LogP contribution in [0.3, 0.4) is 0 Å². The van der Waals surface area contributed by atoms with Gasteiger partial charge >= 0.3 is 0 Å². The number of carbonyl (C=O) groups is 2. The summed E-state index contributed by atoms with van der Waals surface area (Å²) in [5, 5.41) is 9.30. The number of rotatable bonds is 4. The largest absolute Gasteiger partial charge is 0.503 e. The van der Waals surface area contributed by atoms with Gasteiger partial charge in [-0.05, 0) is 6.42 Å². The van der Waals surface area contributed by atoms with E-state index in [9.17, 15) is 14.7 Å². The van der Waals surface area contributed by atoms with Crippen LogP contribution in [0.5, 0.6) is 0 Å². The molecule has 0 radical (unpaired) electrons. The average Bonchev–Trinajstić information content (AvgIpc) is 2.16. The van der Waals surface area contributed by atoms with E-state index in [1.165, 1.54) is 23.9 Å². The van der Waals surface area contributed by atoms with E-state index in [2.05, 4.69) is 0 Å². The van der Waals surface area contributed by atoms with Gasteiger partial charge in [-0.3, -0.25) is 9.59 Å². The topological polar surface area (TPSA) is 60.9 Å². The fraction of sp³-hybridized carbons (Fsp3) is 0.600. The van der Waals surface area contributed by atoms with Crippen molar-refractivity contribution in [1.82, 2.24) is 9.80 Å². The van der Waals surface area contributed by atoms with E-state index in [-0.39, 0.29) is 5.91 Å². The van der Waals surface area contributed by atoms with Crippen molar-refractivity contribution in [1.29, 1.82) is 0 Å². The molecule has 0 aromatic carbocycles. The lowest BCUT2D eigenvalue weighted by molar-refractivity contribution is -0.129. The minimum Gasteiger partial charge on any atom is -0.503 e. The predicted octanol–water partition coefficient (Wildman–Crippen LogP) is 0.385. The first kappa shape index (κ1) is 13.5. The highest BCUT2D eigenvalue weighted by molar-refractivity contribution is 5.98. The standard InChI is InChI=1S/C10H18N2O3/c1-5-6-12(4)9(14)7-8(13)10(15)11(2)3/h7,13H,5-6H2,1-4H3. The maximum absolute atomic E-state index is 11.4. The molecule has 0 rings (SSSR count). The Bertz CT molecular complexity index is 272. The van der Waals surface area contributed by atoms with Gasteiger partial charge < -0.3 is 14.9 Å². The molecule has 5 heteroatoms. The SMILES string of the molecule is CCCN(C)C(=O)C=C(O)C(=O)N(C)C. The summed E-state index contributed by atoms with van der Waals surface area (Å²) in [4.78, 5) is 25.2. The molecule has 0 aliphatic rings. The molecule has 0 saturated carbocycles. The molecule has 0 unspecified atom stereocenters. The molecule has 0 fully saturated rings. The third-order valence-electron chi connectivity index (χ3n) is 1.82. The number of hydrogen-bond acceptors (Lipinski definition) is 3. The summed E-state index contributed by atoms with van der Waals surface area (Å²) in [7, 11) is 4.63. The summed E-state index contributed by atoms with van der Waals surface area (Å²) in [6.45, 7) is 2.54. The molecule has 86 valence electrons. The van der Waals surface area contributed by atoms with Crippen molar-refractivity contribution < 1.29 is 14.7 Å². The first-order valence-electron chi connectivity index (χ1n) is 4.77. The average molecular weight is 214 g/mol. The number of hydrogen-bond donors (Lipinski definition) is 1. The molecular weight excluding hydrogens is 196 g/mol. The quantitative estimate of drug-likeness (QED) is 0.544. The summed E-state index contributed by atoms with van der Waals surface area (Å²) in [6.07, 6.45) is 1.77. The second-order valence-electron chi connectivity index (χ2n) is 3.49. The van der Waals surface area contributed by atoms with E-state index < -0.39 is 11.7 Å². The van der Waals surface area contributed by atoms with Gasteiger partial charge in [0.25, 0.3) is 5.91 Å². The van der Waals surface area contributed by atoms with Crippen LogP contribution >= 0.6 is 0 Å². The molecule has 1 N–H and O–H groups in total. The third kappa shape index (κ3) is 4.49. The van der Waals surface area contributed by atoms with Gasteiger partial charge in [-0.15, -0.1) is 0 Å². The monoisotopic (exact) mass is 214 g/mol. The van der Waals surface area contributed by atoms with Crippen LogP contribution in [0.25, 0.3) is 0 Å². The zero-order chi connectivity index (χ0) is 12.0. The van der Waals surface area contributed by atoms with Crippen LogP contribution < -0.4 is 0 Å². The molecule has 0 aliphatic carbocycles. The van der Waals surface area contributed by atoms with Crippen molar-refractivity contribution >= 4 is 11.8 Å². The van der Waals surface area contributed by atoms with Gasteiger partial charge in [-0.1, -0.05) is 6.92 Å². The number of carbonyl (C=O) groups excluding carboxylic acids is 2. The van der Waals surface area contributed by atoms with Gasteiger partial charge in [0.1, 0.15) is 0 Å². The van der Waals surface area contributed by atoms with Crippen LogP contribution in [0.15, 0.2) is 11.8 Å². The van der Waals surface area contributed by atoms with Gasteiger partial charge in [0.2, 0.25) is 5.91 Å². The molecule has 5 nitrogen and oxygen atoms in total. The molecule has 15 heavy (non-hydrogen) atoms. The minimum absolute atomic E-state index is 0.371. The summed E-state index contributed by atoms with van der Waals surface area (Å²) in [5.74, 6) is -1.48. The Morgan fingerprint density at radius 2 is 1.80 bits per heavy atom. The van der Waals surface area contributed by atoms with Crippen LogP contribution in [-0.4, -0.2) is 54.4 Å². The Morgan fingerprint density at radius 3 is 2.20 bits per heavy atom. The molecule has 0 atom stereocenters. The lowest BCUT2D eigenvalue weighted by Gasteiger charge is -2.14. The molecule has 2 amide bonds. The molecule has 0 aromatic rings.